The average Bonchev–Trinajstić information content (AvgIpc) is 2.87. The van der Waals surface area contributed by atoms with Gasteiger partial charge in [0.15, 0.2) is 0 Å². The summed E-state index contributed by atoms with van der Waals surface area (Å²) >= 11 is 7.58. The van der Waals surface area contributed by atoms with Crippen LogP contribution in [0.5, 0.6) is 0 Å². The zero-order valence-corrected chi connectivity index (χ0v) is 15.6. The smallest absolute Gasteiger partial charge is 0.262 e. The van der Waals surface area contributed by atoms with Crippen molar-refractivity contribution in [1.82, 2.24) is 9.55 Å². The van der Waals surface area contributed by atoms with E-state index in [9.17, 15) is 9.90 Å². The second-order valence-electron chi connectivity index (χ2n) is 5.93. The van der Waals surface area contributed by atoms with Crippen molar-refractivity contribution in [3.05, 3.63) is 62.0 Å². The van der Waals surface area contributed by atoms with Gasteiger partial charge in [-0.25, -0.2) is 4.98 Å². The van der Waals surface area contributed by atoms with Crippen molar-refractivity contribution in [2.45, 2.75) is 33.1 Å². The Morgan fingerprint density at radius 1 is 1.36 bits per heavy atom. The van der Waals surface area contributed by atoms with Crippen LogP contribution in [0, 0.1) is 13.8 Å². The molecule has 1 aromatic carbocycles. The molecule has 0 saturated carbocycles. The van der Waals surface area contributed by atoms with Crippen molar-refractivity contribution in [2.24, 2.45) is 0 Å². The lowest BCUT2D eigenvalue weighted by Crippen LogP contribution is -2.29. The number of ether oxygens (including phenoxy) is 1. The normalized spacial score (nSPS) is 12.6. The standard InChI is InChI=1S/C18H19ClN2O3S/c1-11-12(2)25-17-16(11)18(23)21(10-20-17)7-14(22)9-24-8-13-5-3-4-6-15(13)19/h3-6,10,14,22H,7-9H2,1-2H3. The Kier molecular flexibility index (Phi) is 5.54. The molecular formula is C18H19ClN2O3S. The van der Waals surface area contributed by atoms with Crippen molar-refractivity contribution in [3.8, 4) is 0 Å². The van der Waals surface area contributed by atoms with E-state index >= 15 is 0 Å². The number of aliphatic hydroxyl groups is 1. The summed E-state index contributed by atoms with van der Waals surface area (Å²) in [6, 6.07) is 7.40. The number of benzene rings is 1. The van der Waals surface area contributed by atoms with Gasteiger partial charge in [-0.05, 0) is 31.0 Å². The second kappa shape index (κ2) is 7.66. The van der Waals surface area contributed by atoms with E-state index in [4.69, 9.17) is 16.3 Å². The van der Waals surface area contributed by atoms with E-state index in [-0.39, 0.29) is 18.7 Å². The maximum absolute atomic E-state index is 12.6. The van der Waals surface area contributed by atoms with Gasteiger partial charge in [0.1, 0.15) is 4.83 Å². The van der Waals surface area contributed by atoms with Crippen molar-refractivity contribution >= 4 is 33.2 Å². The Morgan fingerprint density at radius 3 is 2.88 bits per heavy atom. The Hall–Kier alpha value is -1.73. The highest BCUT2D eigenvalue weighted by atomic mass is 35.5. The molecule has 0 aliphatic heterocycles. The van der Waals surface area contributed by atoms with Crippen LogP contribution in [0.4, 0.5) is 0 Å². The van der Waals surface area contributed by atoms with Crippen LogP contribution < -0.4 is 5.56 Å². The van der Waals surface area contributed by atoms with Crippen LogP contribution in [0.2, 0.25) is 5.02 Å². The third kappa shape index (κ3) is 3.93. The van der Waals surface area contributed by atoms with Gasteiger partial charge in [-0.1, -0.05) is 29.8 Å². The van der Waals surface area contributed by atoms with Crippen molar-refractivity contribution in [1.29, 1.82) is 0 Å². The molecule has 1 atom stereocenters. The number of halogens is 1. The summed E-state index contributed by atoms with van der Waals surface area (Å²) in [5.41, 5.74) is 1.69. The number of fused-ring (bicyclic) bond motifs is 1. The molecule has 1 unspecified atom stereocenters. The number of hydrogen-bond donors (Lipinski definition) is 1. The van der Waals surface area contributed by atoms with E-state index < -0.39 is 6.10 Å². The van der Waals surface area contributed by atoms with E-state index in [2.05, 4.69) is 4.98 Å². The van der Waals surface area contributed by atoms with Crippen LogP contribution in [-0.4, -0.2) is 27.4 Å². The van der Waals surface area contributed by atoms with Gasteiger partial charge in [0.25, 0.3) is 5.56 Å². The third-order valence-corrected chi connectivity index (χ3v) is 5.57. The van der Waals surface area contributed by atoms with Gasteiger partial charge in [0.05, 0.1) is 37.6 Å². The summed E-state index contributed by atoms with van der Waals surface area (Å²) in [6.07, 6.45) is 0.677. The molecule has 0 fully saturated rings. The van der Waals surface area contributed by atoms with Crippen LogP contribution in [0.15, 0.2) is 35.4 Å². The molecule has 2 aromatic heterocycles. The van der Waals surface area contributed by atoms with E-state index in [0.29, 0.717) is 17.0 Å². The number of nitrogens with zero attached hydrogens (tertiary/aromatic N) is 2. The second-order valence-corrected chi connectivity index (χ2v) is 7.54. The molecule has 0 bridgehead atoms. The summed E-state index contributed by atoms with van der Waals surface area (Å²) in [6.45, 7) is 4.45. The molecule has 5 nitrogen and oxygen atoms in total. The molecule has 2 heterocycles. The molecule has 3 aromatic rings. The van der Waals surface area contributed by atoms with Gasteiger partial charge in [-0.2, -0.15) is 0 Å². The quantitative estimate of drug-likeness (QED) is 0.714. The molecule has 0 aliphatic carbocycles. The molecule has 7 heteroatoms. The number of aryl methyl sites for hydroxylation is 2. The summed E-state index contributed by atoms with van der Waals surface area (Å²) in [4.78, 5) is 18.7. The van der Waals surface area contributed by atoms with Crippen LogP contribution in [0.25, 0.3) is 10.2 Å². The molecule has 0 saturated heterocycles. The Morgan fingerprint density at radius 2 is 2.12 bits per heavy atom. The molecule has 0 spiro atoms. The molecule has 132 valence electrons. The fraction of sp³-hybridized carbons (Fsp3) is 0.333. The molecule has 3 rings (SSSR count). The van der Waals surface area contributed by atoms with Gasteiger partial charge >= 0.3 is 0 Å². The van der Waals surface area contributed by atoms with Gasteiger partial charge in [-0.15, -0.1) is 11.3 Å². The van der Waals surface area contributed by atoms with Crippen molar-refractivity contribution < 1.29 is 9.84 Å². The van der Waals surface area contributed by atoms with Crippen LogP contribution in [0.1, 0.15) is 16.0 Å². The average molecular weight is 379 g/mol. The SMILES string of the molecule is Cc1sc2ncn(CC(O)COCc3ccccc3Cl)c(=O)c2c1C. The van der Waals surface area contributed by atoms with Crippen LogP contribution in [0.3, 0.4) is 0 Å². The van der Waals surface area contributed by atoms with Gasteiger partial charge in [-0.3, -0.25) is 9.36 Å². The molecule has 0 radical (unpaired) electrons. The predicted molar refractivity (Wildman–Crippen MR) is 100 cm³/mol. The minimum absolute atomic E-state index is 0.108. The van der Waals surface area contributed by atoms with Crippen LogP contribution >= 0.6 is 22.9 Å². The topological polar surface area (TPSA) is 64.3 Å². The highest BCUT2D eigenvalue weighted by Crippen LogP contribution is 2.25. The lowest BCUT2D eigenvalue weighted by atomic mass is 10.2. The Bertz CT molecular complexity index is 951. The third-order valence-electron chi connectivity index (χ3n) is 4.09. The lowest BCUT2D eigenvalue weighted by molar-refractivity contribution is 0.0198. The van der Waals surface area contributed by atoms with Crippen molar-refractivity contribution in [2.75, 3.05) is 6.61 Å². The Labute approximate surface area is 154 Å². The van der Waals surface area contributed by atoms with Gasteiger partial charge in [0.2, 0.25) is 0 Å². The van der Waals surface area contributed by atoms with Crippen molar-refractivity contribution in [3.63, 3.8) is 0 Å². The summed E-state index contributed by atoms with van der Waals surface area (Å²) < 4.78 is 6.96. The number of rotatable bonds is 6. The number of thiophene rings is 1. The first-order valence-corrected chi connectivity index (χ1v) is 9.11. The first kappa shape index (κ1) is 18.1. The zero-order chi connectivity index (χ0) is 18.0. The summed E-state index contributed by atoms with van der Waals surface area (Å²) in [5.74, 6) is 0. The zero-order valence-electron chi connectivity index (χ0n) is 14.0. The lowest BCUT2D eigenvalue weighted by Gasteiger charge is -2.13. The monoisotopic (exact) mass is 378 g/mol. The fourth-order valence-corrected chi connectivity index (χ4v) is 3.78. The molecule has 0 amide bonds. The molecule has 0 aliphatic rings. The summed E-state index contributed by atoms with van der Waals surface area (Å²) in [7, 11) is 0. The van der Waals surface area contributed by atoms with Crippen LogP contribution in [-0.2, 0) is 17.9 Å². The van der Waals surface area contributed by atoms with E-state index in [1.165, 1.54) is 22.2 Å². The number of hydrogen-bond acceptors (Lipinski definition) is 5. The number of aromatic nitrogens is 2. The minimum atomic E-state index is -0.806. The first-order chi connectivity index (χ1) is 12.0. The molecule has 1 N–H and O–H groups in total. The van der Waals surface area contributed by atoms with E-state index in [1.54, 1.807) is 6.07 Å². The number of aliphatic hydroxyl groups excluding tert-OH is 1. The predicted octanol–water partition coefficient (Wildman–Crippen LogP) is 3.31. The molecular weight excluding hydrogens is 360 g/mol. The highest BCUT2D eigenvalue weighted by Gasteiger charge is 2.14. The maximum atomic E-state index is 12.6. The molecule has 25 heavy (non-hydrogen) atoms. The van der Waals surface area contributed by atoms with E-state index in [1.807, 2.05) is 32.0 Å². The minimum Gasteiger partial charge on any atom is -0.389 e. The largest absolute Gasteiger partial charge is 0.389 e. The highest BCUT2D eigenvalue weighted by molar-refractivity contribution is 7.18. The fourth-order valence-electron chi connectivity index (χ4n) is 2.60. The Balaban J connectivity index is 1.65. The first-order valence-electron chi connectivity index (χ1n) is 7.91. The summed E-state index contributed by atoms with van der Waals surface area (Å²) in [5, 5.41) is 11.4. The van der Waals surface area contributed by atoms with E-state index in [0.717, 1.165) is 20.8 Å². The van der Waals surface area contributed by atoms with Gasteiger partial charge < -0.3 is 9.84 Å². The maximum Gasteiger partial charge on any atom is 0.262 e. The van der Waals surface area contributed by atoms with Gasteiger partial charge in [0, 0.05) is 9.90 Å².